The molecular weight excluding hydrogens is 252 g/mol. The number of hydrogen-bond acceptors (Lipinski definition) is 3. The Morgan fingerprint density at radius 2 is 2.25 bits per heavy atom. The summed E-state index contributed by atoms with van der Waals surface area (Å²) in [5.74, 6) is 1.39. The number of carboxylic acids is 1. The van der Waals surface area contributed by atoms with Crippen molar-refractivity contribution in [2.45, 2.75) is 57.8 Å². The normalized spacial score (nSPS) is 29.1. The molecule has 20 heavy (non-hydrogen) atoms. The highest BCUT2D eigenvalue weighted by molar-refractivity contribution is 5.70. The van der Waals surface area contributed by atoms with Gasteiger partial charge in [-0.25, -0.2) is 9.97 Å². The molecule has 2 aliphatic rings. The first-order chi connectivity index (χ1) is 9.67. The average Bonchev–Trinajstić information content (AvgIpc) is 2.95. The van der Waals surface area contributed by atoms with Crippen molar-refractivity contribution in [3.05, 3.63) is 23.3 Å². The van der Waals surface area contributed by atoms with Crippen LogP contribution in [0.2, 0.25) is 0 Å². The van der Waals surface area contributed by atoms with Crippen LogP contribution in [0.5, 0.6) is 0 Å². The van der Waals surface area contributed by atoms with Gasteiger partial charge in [-0.05, 0) is 50.0 Å². The summed E-state index contributed by atoms with van der Waals surface area (Å²) >= 11 is 0. The Bertz CT molecular complexity index is 515. The summed E-state index contributed by atoms with van der Waals surface area (Å²) in [5.41, 5.74) is 2.13. The highest BCUT2D eigenvalue weighted by Crippen LogP contribution is 2.38. The molecule has 2 aliphatic carbocycles. The van der Waals surface area contributed by atoms with Gasteiger partial charge in [-0.2, -0.15) is 0 Å². The Hall–Kier alpha value is -1.45. The molecule has 1 fully saturated rings. The third kappa shape index (κ3) is 2.56. The van der Waals surface area contributed by atoms with Crippen LogP contribution in [0.1, 0.15) is 62.0 Å². The topological polar surface area (TPSA) is 63.1 Å². The zero-order valence-electron chi connectivity index (χ0n) is 12.0. The minimum Gasteiger partial charge on any atom is -0.481 e. The monoisotopic (exact) mass is 274 g/mol. The number of rotatable bonds is 3. The minimum atomic E-state index is -0.693. The fourth-order valence-electron chi connectivity index (χ4n) is 3.61. The van der Waals surface area contributed by atoms with Crippen molar-refractivity contribution >= 4 is 5.97 Å². The number of carboxylic acid groups (broad SMARTS) is 1. The summed E-state index contributed by atoms with van der Waals surface area (Å²) in [4.78, 5) is 20.4. The Morgan fingerprint density at radius 1 is 1.40 bits per heavy atom. The van der Waals surface area contributed by atoms with Gasteiger partial charge in [0.25, 0.3) is 0 Å². The molecular formula is C16H22N2O2. The van der Waals surface area contributed by atoms with E-state index < -0.39 is 5.97 Å². The molecule has 0 amide bonds. The van der Waals surface area contributed by atoms with Crippen LogP contribution >= 0.6 is 0 Å². The van der Waals surface area contributed by atoms with Crippen molar-refractivity contribution in [2.24, 2.45) is 11.8 Å². The van der Waals surface area contributed by atoms with Crippen molar-refractivity contribution in [1.82, 2.24) is 9.97 Å². The highest BCUT2D eigenvalue weighted by atomic mass is 16.4. The molecule has 0 bridgehead atoms. The summed E-state index contributed by atoms with van der Waals surface area (Å²) in [6.07, 6.45) is 8.93. The van der Waals surface area contributed by atoms with Crippen LogP contribution in [0.4, 0.5) is 0 Å². The lowest BCUT2D eigenvalue weighted by molar-refractivity contribution is -0.142. The third-order valence-corrected chi connectivity index (χ3v) is 5.00. The van der Waals surface area contributed by atoms with Crippen LogP contribution in [0, 0.1) is 11.8 Å². The molecule has 4 nitrogen and oxygen atoms in total. The first-order valence-corrected chi connectivity index (χ1v) is 7.74. The molecule has 1 aromatic rings. The second-order valence-corrected chi connectivity index (χ2v) is 6.26. The Morgan fingerprint density at radius 3 is 2.95 bits per heavy atom. The Labute approximate surface area is 119 Å². The summed E-state index contributed by atoms with van der Waals surface area (Å²) < 4.78 is 0. The minimum absolute atomic E-state index is 0.257. The molecule has 1 N–H and O–H groups in total. The predicted octanol–water partition coefficient (Wildman–Crippen LogP) is 2.96. The van der Waals surface area contributed by atoms with E-state index in [-0.39, 0.29) is 5.92 Å². The summed E-state index contributed by atoms with van der Waals surface area (Å²) in [5, 5.41) is 9.11. The molecule has 0 spiro atoms. The van der Waals surface area contributed by atoms with Crippen molar-refractivity contribution in [2.75, 3.05) is 0 Å². The van der Waals surface area contributed by atoms with Crippen molar-refractivity contribution < 1.29 is 9.90 Å². The number of fused-ring (bicyclic) bond motifs is 1. The van der Waals surface area contributed by atoms with E-state index in [4.69, 9.17) is 10.1 Å². The lowest BCUT2D eigenvalue weighted by Crippen LogP contribution is -2.23. The number of carbonyl (C=O) groups is 1. The lowest BCUT2D eigenvalue weighted by atomic mass is 9.87. The van der Waals surface area contributed by atoms with Gasteiger partial charge in [0.05, 0.1) is 5.92 Å². The lowest BCUT2D eigenvalue weighted by Gasteiger charge is -2.21. The quantitative estimate of drug-likeness (QED) is 0.920. The molecule has 108 valence electrons. The maximum absolute atomic E-state index is 11.1. The van der Waals surface area contributed by atoms with Crippen LogP contribution in [0.25, 0.3) is 0 Å². The highest BCUT2D eigenvalue weighted by Gasteiger charge is 2.29. The van der Waals surface area contributed by atoms with E-state index in [0.717, 1.165) is 29.4 Å². The van der Waals surface area contributed by atoms with Gasteiger partial charge >= 0.3 is 5.97 Å². The van der Waals surface area contributed by atoms with Gasteiger partial charge < -0.3 is 5.11 Å². The molecule has 4 heteroatoms. The largest absolute Gasteiger partial charge is 0.481 e. The summed E-state index contributed by atoms with van der Waals surface area (Å²) in [7, 11) is 0. The van der Waals surface area contributed by atoms with Crippen LogP contribution < -0.4 is 0 Å². The van der Waals surface area contributed by atoms with E-state index in [1.54, 1.807) is 0 Å². The van der Waals surface area contributed by atoms with Gasteiger partial charge in [0.15, 0.2) is 0 Å². The van der Waals surface area contributed by atoms with Crippen LogP contribution in [-0.4, -0.2) is 21.0 Å². The molecule has 0 saturated heterocycles. The van der Waals surface area contributed by atoms with Gasteiger partial charge in [-0.3, -0.25) is 4.79 Å². The van der Waals surface area contributed by atoms with E-state index in [1.165, 1.54) is 25.7 Å². The molecule has 0 aromatic carbocycles. The number of hydrogen-bond donors (Lipinski definition) is 1. The molecule has 0 aliphatic heterocycles. The van der Waals surface area contributed by atoms with Crippen molar-refractivity contribution in [3.63, 3.8) is 0 Å². The predicted molar refractivity (Wildman–Crippen MR) is 75.6 cm³/mol. The molecule has 1 saturated carbocycles. The molecule has 1 aromatic heterocycles. The van der Waals surface area contributed by atoms with Crippen LogP contribution in [-0.2, 0) is 17.6 Å². The fourth-order valence-corrected chi connectivity index (χ4v) is 3.61. The average molecular weight is 274 g/mol. The maximum Gasteiger partial charge on any atom is 0.306 e. The third-order valence-electron chi connectivity index (χ3n) is 5.00. The zero-order chi connectivity index (χ0) is 14.1. The summed E-state index contributed by atoms with van der Waals surface area (Å²) in [6, 6.07) is 0. The SMILES string of the molecule is CCC1CCC(c2ncc3c(n2)CCC(C(=O)O)C3)C1. The summed E-state index contributed by atoms with van der Waals surface area (Å²) in [6.45, 7) is 2.26. The van der Waals surface area contributed by atoms with E-state index in [1.807, 2.05) is 6.20 Å². The Kier molecular flexibility index (Phi) is 3.72. The van der Waals surface area contributed by atoms with Gasteiger partial charge in [-0.1, -0.05) is 13.3 Å². The van der Waals surface area contributed by atoms with Gasteiger partial charge in [0, 0.05) is 17.8 Å². The van der Waals surface area contributed by atoms with Gasteiger partial charge in [0.2, 0.25) is 0 Å². The maximum atomic E-state index is 11.1. The van der Waals surface area contributed by atoms with Crippen LogP contribution in [0.15, 0.2) is 6.20 Å². The first kappa shape index (κ1) is 13.5. The van der Waals surface area contributed by atoms with E-state index in [2.05, 4.69) is 11.9 Å². The number of aromatic nitrogens is 2. The fraction of sp³-hybridized carbons (Fsp3) is 0.688. The molecule has 0 radical (unpaired) electrons. The molecule has 3 unspecified atom stereocenters. The second kappa shape index (κ2) is 5.51. The molecule has 3 atom stereocenters. The van der Waals surface area contributed by atoms with E-state index >= 15 is 0 Å². The second-order valence-electron chi connectivity index (χ2n) is 6.26. The molecule has 3 rings (SSSR count). The zero-order valence-corrected chi connectivity index (χ0v) is 12.0. The number of nitrogens with zero attached hydrogens (tertiary/aromatic N) is 2. The van der Waals surface area contributed by atoms with Crippen molar-refractivity contribution in [3.8, 4) is 0 Å². The standard InChI is InChI=1S/C16H22N2O2/c1-2-10-3-4-11(7-10)15-17-9-13-8-12(16(19)20)5-6-14(13)18-15/h9-12H,2-8H2,1H3,(H,19,20). The van der Waals surface area contributed by atoms with Gasteiger partial charge in [-0.15, -0.1) is 0 Å². The van der Waals surface area contributed by atoms with E-state index in [0.29, 0.717) is 18.8 Å². The molecule has 1 heterocycles. The smallest absolute Gasteiger partial charge is 0.306 e. The van der Waals surface area contributed by atoms with E-state index in [9.17, 15) is 4.79 Å². The number of aliphatic carboxylic acids is 1. The Balaban J connectivity index is 1.76. The number of aryl methyl sites for hydroxylation is 1. The first-order valence-electron chi connectivity index (χ1n) is 7.74. The van der Waals surface area contributed by atoms with Gasteiger partial charge in [0.1, 0.15) is 5.82 Å². The van der Waals surface area contributed by atoms with Crippen LogP contribution in [0.3, 0.4) is 0 Å². The van der Waals surface area contributed by atoms with Crippen molar-refractivity contribution in [1.29, 1.82) is 0 Å².